The molecule has 6 heteroatoms. The molecule has 0 aromatic rings. The fourth-order valence-corrected chi connectivity index (χ4v) is 3.62. The first kappa shape index (κ1) is 13.3. The maximum Gasteiger partial charge on any atom is 0.279 e. The quantitative estimate of drug-likeness (QED) is 0.693. The molecule has 100 valence electrons. The minimum atomic E-state index is -3.27. The van der Waals surface area contributed by atoms with Gasteiger partial charge in [0.15, 0.2) is 0 Å². The van der Waals surface area contributed by atoms with E-state index in [0.717, 1.165) is 19.4 Å². The van der Waals surface area contributed by atoms with Crippen molar-refractivity contribution in [2.45, 2.75) is 38.6 Å². The first-order valence-electron chi connectivity index (χ1n) is 6.60. The molecule has 1 saturated carbocycles. The maximum atomic E-state index is 12.1. The van der Waals surface area contributed by atoms with Gasteiger partial charge < -0.3 is 5.32 Å². The zero-order valence-electron chi connectivity index (χ0n) is 10.5. The minimum Gasteiger partial charge on any atom is -0.313 e. The smallest absolute Gasteiger partial charge is 0.279 e. The molecule has 0 spiro atoms. The topological polar surface area (TPSA) is 61.4 Å². The number of rotatable bonds is 7. The standard InChI is InChI=1S/C11H23N3O2S/c1-2-13-17(15,16)14(8-10-5-6-10)9-11-4-3-7-12-11/h10-13H,2-9H2,1H3. The second kappa shape index (κ2) is 5.65. The maximum absolute atomic E-state index is 12.1. The second-order valence-electron chi connectivity index (χ2n) is 5.06. The first-order chi connectivity index (χ1) is 8.12. The molecule has 0 aromatic heterocycles. The molecule has 2 N–H and O–H groups in total. The van der Waals surface area contributed by atoms with Gasteiger partial charge in [-0.1, -0.05) is 6.92 Å². The zero-order valence-corrected chi connectivity index (χ0v) is 11.3. The van der Waals surface area contributed by atoms with Crippen molar-refractivity contribution < 1.29 is 8.42 Å². The Labute approximate surface area is 104 Å². The van der Waals surface area contributed by atoms with Crippen molar-refractivity contribution in [1.82, 2.24) is 14.3 Å². The molecule has 1 aliphatic carbocycles. The molecule has 0 amide bonds. The van der Waals surface area contributed by atoms with Crippen LogP contribution in [0.1, 0.15) is 32.6 Å². The number of hydrogen-bond acceptors (Lipinski definition) is 3. The van der Waals surface area contributed by atoms with Gasteiger partial charge >= 0.3 is 0 Å². The van der Waals surface area contributed by atoms with E-state index >= 15 is 0 Å². The molecule has 1 unspecified atom stereocenters. The van der Waals surface area contributed by atoms with E-state index in [1.807, 2.05) is 6.92 Å². The monoisotopic (exact) mass is 261 g/mol. The summed E-state index contributed by atoms with van der Waals surface area (Å²) in [5, 5.41) is 3.36. The van der Waals surface area contributed by atoms with Crippen LogP contribution >= 0.6 is 0 Å². The first-order valence-corrected chi connectivity index (χ1v) is 8.04. The fourth-order valence-electron chi connectivity index (χ4n) is 2.29. The molecule has 0 aromatic carbocycles. The summed E-state index contributed by atoms with van der Waals surface area (Å²) in [5.41, 5.74) is 0. The molecule has 2 aliphatic rings. The molecule has 5 nitrogen and oxygen atoms in total. The van der Waals surface area contributed by atoms with Gasteiger partial charge in [0.2, 0.25) is 0 Å². The molecule has 0 radical (unpaired) electrons. The Bertz CT molecular complexity index is 335. The summed E-state index contributed by atoms with van der Waals surface area (Å²) in [4.78, 5) is 0. The highest BCUT2D eigenvalue weighted by atomic mass is 32.2. The Kier molecular flexibility index (Phi) is 4.41. The largest absolute Gasteiger partial charge is 0.313 e. The van der Waals surface area contributed by atoms with E-state index in [2.05, 4.69) is 10.0 Å². The lowest BCUT2D eigenvalue weighted by Gasteiger charge is -2.25. The van der Waals surface area contributed by atoms with Gasteiger partial charge in [0.05, 0.1) is 0 Å². The molecule has 1 atom stereocenters. The van der Waals surface area contributed by atoms with Gasteiger partial charge in [-0.3, -0.25) is 0 Å². The molecule has 1 saturated heterocycles. The third kappa shape index (κ3) is 3.91. The van der Waals surface area contributed by atoms with Gasteiger partial charge in [-0.2, -0.15) is 12.7 Å². The Morgan fingerprint density at radius 2 is 2.06 bits per heavy atom. The van der Waals surface area contributed by atoms with E-state index in [9.17, 15) is 8.42 Å². The minimum absolute atomic E-state index is 0.335. The van der Waals surface area contributed by atoms with Gasteiger partial charge in [-0.25, -0.2) is 4.72 Å². The van der Waals surface area contributed by atoms with Crippen LogP contribution in [0.3, 0.4) is 0 Å². The molecule has 2 fully saturated rings. The van der Waals surface area contributed by atoms with Crippen molar-refractivity contribution in [3.63, 3.8) is 0 Å². The molecule has 2 rings (SSSR count). The Balaban J connectivity index is 1.95. The van der Waals surface area contributed by atoms with E-state index in [0.29, 0.717) is 31.6 Å². The molecule has 1 heterocycles. The summed E-state index contributed by atoms with van der Waals surface area (Å²) in [5.74, 6) is 0.588. The van der Waals surface area contributed by atoms with Crippen LogP contribution in [0.25, 0.3) is 0 Å². The summed E-state index contributed by atoms with van der Waals surface area (Å²) >= 11 is 0. The fraction of sp³-hybridized carbons (Fsp3) is 1.00. The average molecular weight is 261 g/mol. The SMILES string of the molecule is CCNS(=O)(=O)N(CC1CC1)CC1CCCN1. The van der Waals surface area contributed by atoms with Gasteiger partial charge in [-0.15, -0.1) is 0 Å². The number of hydrogen-bond donors (Lipinski definition) is 2. The van der Waals surface area contributed by atoms with Crippen LogP contribution in [0.15, 0.2) is 0 Å². The van der Waals surface area contributed by atoms with Gasteiger partial charge in [-0.05, 0) is 38.1 Å². The van der Waals surface area contributed by atoms with Crippen LogP contribution in [-0.2, 0) is 10.2 Å². The zero-order chi connectivity index (χ0) is 12.3. The van der Waals surface area contributed by atoms with Crippen molar-refractivity contribution in [3.8, 4) is 0 Å². The molecule has 1 aliphatic heterocycles. The predicted molar refractivity (Wildman–Crippen MR) is 67.9 cm³/mol. The van der Waals surface area contributed by atoms with Crippen LogP contribution in [0, 0.1) is 5.92 Å². The highest BCUT2D eigenvalue weighted by Gasteiger charge is 2.32. The Morgan fingerprint density at radius 3 is 2.59 bits per heavy atom. The lowest BCUT2D eigenvalue weighted by Crippen LogP contribution is -2.47. The van der Waals surface area contributed by atoms with E-state index in [1.165, 1.54) is 12.8 Å². The van der Waals surface area contributed by atoms with Gasteiger partial charge in [0.1, 0.15) is 0 Å². The summed E-state index contributed by atoms with van der Waals surface area (Å²) in [7, 11) is -3.27. The Hall–Kier alpha value is -0.170. The summed E-state index contributed by atoms with van der Waals surface area (Å²) < 4.78 is 28.4. The van der Waals surface area contributed by atoms with Crippen LogP contribution in [0.5, 0.6) is 0 Å². The molecular weight excluding hydrogens is 238 g/mol. The highest BCUT2D eigenvalue weighted by Crippen LogP contribution is 2.30. The number of nitrogens with zero attached hydrogens (tertiary/aromatic N) is 1. The summed E-state index contributed by atoms with van der Waals surface area (Å²) in [6, 6.07) is 0.335. The summed E-state index contributed by atoms with van der Waals surface area (Å²) in [6.45, 7) is 4.60. The van der Waals surface area contributed by atoms with Crippen LogP contribution in [0.4, 0.5) is 0 Å². The third-order valence-electron chi connectivity index (χ3n) is 3.41. The average Bonchev–Trinajstić information content (AvgIpc) is 2.92. The van der Waals surface area contributed by atoms with E-state index in [4.69, 9.17) is 0 Å². The molecular formula is C11H23N3O2S. The van der Waals surface area contributed by atoms with E-state index in [1.54, 1.807) is 4.31 Å². The van der Waals surface area contributed by atoms with Crippen LogP contribution < -0.4 is 10.0 Å². The van der Waals surface area contributed by atoms with E-state index < -0.39 is 10.2 Å². The lowest BCUT2D eigenvalue weighted by molar-refractivity contribution is 0.353. The molecule has 0 bridgehead atoms. The van der Waals surface area contributed by atoms with Gasteiger partial charge in [0, 0.05) is 25.7 Å². The van der Waals surface area contributed by atoms with Crippen molar-refractivity contribution in [3.05, 3.63) is 0 Å². The Morgan fingerprint density at radius 1 is 1.29 bits per heavy atom. The van der Waals surface area contributed by atoms with Crippen molar-refractivity contribution in [1.29, 1.82) is 0 Å². The van der Waals surface area contributed by atoms with Crippen molar-refractivity contribution >= 4 is 10.2 Å². The normalized spacial score (nSPS) is 25.6. The predicted octanol–water partition coefficient (Wildman–Crippen LogP) is 0.305. The van der Waals surface area contributed by atoms with Gasteiger partial charge in [0.25, 0.3) is 10.2 Å². The second-order valence-corrected chi connectivity index (χ2v) is 6.81. The van der Waals surface area contributed by atoms with Crippen molar-refractivity contribution in [2.24, 2.45) is 5.92 Å². The van der Waals surface area contributed by atoms with Crippen LogP contribution in [-0.4, -0.2) is 44.9 Å². The van der Waals surface area contributed by atoms with Crippen molar-refractivity contribution in [2.75, 3.05) is 26.2 Å². The molecule has 17 heavy (non-hydrogen) atoms. The van der Waals surface area contributed by atoms with Crippen LogP contribution in [0.2, 0.25) is 0 Å². The van der Waals surface area contributed by atoms with E-state index in [-0.39, 0.29) is 0 Å². The lowest BCUT2D eigenvalue weighted by atomic mass is 10.2. The highest BCUT2D eigenvalue weighted by molar-refractivity contribution is 7.87. The number of nitrogens with one attached hydrogen (secondary N) is 2. The third-order valence-corrected chi connectivity index (χ3v) is 5.04. The summed E-state index contributed by atoms with van der Waals surface area (Å²) in [6.07, 6.45) is 4.60.